The third-order valence-electron chi connectivity index (χ3n) is 2.10. The summed E-state index contributed by atoms with van der Waals surface area (Å²) in [6.45, 7) is -0.0473. The van der Waals surface area contributed by atoms with Crippen LogP contribution in [0, 0.1) is 0 Å². The van der Waals surface area contributed by atoms with Gasteiger partial charge < -0.3 is 4.74 Å². The van der Waals surface area contributed by atoms with E-state index in [9.17, 15) is 4.79 Å². The zero-order chi connectivity index (χ0) is 13.1. The highest BCUT2D eigenvalue weighted by atomic mass is 79.9. The van der Waals surface area contributed by atoms with E-state index in [4.69, 9.17) is 27.9 Å². The number of thiophene rings is 1. The Hall–Kier alpha value is -0.550. The first-order valence-corrected chi connectivity index (χ1v) is 7.29. The quantitative estimate of drug-likeness (QED) is 0.706. The molecule has 18 heavy (non-hydrogen) atoms. The van der Waals surface area contributed by atoms with E-state index in [0.29, 0.717) is 20.7 Å². The molecular formula is C12H7BrCl2O2S. The molecule has 0 saturated carbocycles. The molecule has 0 spiro atoms. The lowest BCUT2D eigenvalue weighted by atomic mass is 10.3. The molecule has 1 aromatic carbocycles. The molecule has 94 valence electrons. The summed E-state index contributed by atoms with van der Waals surface area (Å²) in [6.07, 6.45) is 0. The van der Waals surface area contributed by atoms with Crippen LogP contribution in [0.2, 0.25) is 10.0 Å². The molecule has 0 amide bonds. The number of Topliss-reactive ketones (excluding diaryl/α,β-unsaturated/α-hetero) is 1. The first kappa shape index (κ1) is 13.9. The lowest BCUT2D eigenvalue weighted by molar-refractivity contribution is 0.0925. The van der Waals surface area contributed by atoms with Gasteiger partial charge in [0.15, 0.2) is 6.61 Å². The molecule has 6 heteroatoms. The fraction of sp³-hybridized carbons (Fsp3) is 0.0833. The molecular weight excluding hydrogens is 359 g/mol. The van der Waals surface area contributed by atoms with Crippen LogP contribution in [0.3, 0.4) is 0 Å². The molecule has 0 unspecified atom stereocenters. The molecule has 1 aromatic heterocycles. The number of halogens is 3. The maximum absolute atomic E-state index is 11.8. The Kier molecular flexibility index (Phi) is 4.67. The number of ketones is 1. The van der Waals surface area contributed by atoms with E-state index < -0.39 is 0 Å². The summed E-state index contributed by atoms with van der Waals surface area (Å²) < 4.78 is 6.28. The molecule has 2 aromatic rings. The van der Waals surface area contributed by atoms with Crippen LogP contribution in [-0.4, -0.2) is 12.4 Å². The molecule has 0 aliphatic heterocycles. The number of rotatable bonds is 4. The Balaban J connectivity index is 2.01. The number of benzene rings is 1. The van der Waals surface area contributed by atoms with Crippen LogP contribution in [0.25, 0.3) is 0 Å². The van der Waals surface area contributed by atoms with E-state index in [1.54, 1.807) is 24.3 Å². The minimum Gasteiger partial charge on any atom is -0.484 e. The number of hydrogen-bond acceptors (Lipinski definition) is 3. The molecule has 0 aliphatic carbocycles. The van der Waals surface area contributed by atoms with Crippen molar-refractivity contribution in [2.75, 3.05) is 6.61 Å². The zero-order valence-electron chi connectivity index (χ0n) is 8.95. The first-order chi connectivity index (χ1) is 8.56. The van der Waals surface area contributed by atoms with Crippen LogP contribution in [0.1, 0.15) is 9.67 Å². The number of ether oxygens (including phenoxy) is 1. The van der Waals surface area contributed by atoms with E-state index in [2.05, 4.69) is 15.9 Å². The summed E-state index contributed by atoms with van der Waals surface area (Å²) in [7, 11) is 0. The van der Waals surface area contributed by atoms with Crippen LogP contribution in [0.4, 0.5) is 0 Å². The molecule has 0 N–H and O–H groups in total. The van der Waals surface area contributed by atoms with Crippen molar-refractivity contribution in [2.24, 2.45) is 0 Å². The maximum Gasteiger partial charge on any atom is 0.210 e. The average Bonchev–Trinajstić information content (AvgIpc) is 2.74. The van der Waals surface area contributed by atoms with Gasteiger partial charge in [-0.1, -0.05) is 23.2 Å². The number of hydrogen-bond donors (Lipinski definition) is 0. The molecule has 0 atom stereocenters. The van der Waals surface area contributed by atoms with Crippen LogP contribution < -0.4 is 4.74 Å². The average molecular weight is 366 g/mol. The van der Waals surface area contributed by atoms with E-state index in [1.807, 2.05) is 6.07 Å². The fourth-order valence-electron chi connectivity index (χ4n) is 1.27. The predicted molar refractivity (Wildman–Crippen MR) is 78.3 cm³/mol. The Morgan fingerprint density at radius 3 is 2.67 bits per heavy atom. The van der Waals surface area contributed by atoms with Gasteiger partial charge >= 0.3 is 0 Å². The van der Waals surface area contributed by atoms with Gasteiger partial charge in [0.05, 0.1) is 13.7 Å². The molecule has 0 fully saturated rings. The number of carbonyl (C=O) groups excluding carboxylic acids is 1. The highest BCUT2D eigenvalue weighted by Gasteiger charge is 2.11. The fourth-order valence-corrected chi connectivity index (χ4v) is 3.04. The summed E-state index contributed by atoms with van der Waals surface area (Å²) >= 11 is 16.4. The normalized spacial score (nSPS) is 10.4. The molecule has 0 radical (unpaired) electrons. The van der Waals surface area contributed by atoms with E-state index in [-0.39, 0.29) is 12.4 Å². The van der Waals surface area contributed by atoms with E-state index >= 15 is 0 Å². The van der Waals surface area contributed by atoms with Crippen molar-refractivity contribution >= 4 is 56.3 Å². The second kappa shape index (κ2) is 6.06. The van der Waals surface area contributed by atoms with Gasteiger partial charge in [0.1, 0.15) is 5.75 Å². The maximum atomic E-state index is 11.8. The lowest BCUT2D eigenvalue weighted by Gasteiger charge is -2.06. The minimum absolute atomic E-state index is 0.0473. The summed E-state index contributed by atoms with van der Waals surface area (Å²) in [6, 6.07) is 8.46. The predicted octanol–water partition coefficient (Wildman–Crippen LogP) is 5.08. The van der Waals surface area contributed by atoms with E-state index in [0.717, 1.165) is 3.79 Å². The van der Waals surface area contributed by atoms with Gasteiger partial charge in [0.25, 0.3) is 0 Å². The van der Waals surface area contributed by atoms with Crippen molar-refractivity contribution in [1.29, 1.82) is 0 Å². The smallest absolute Gasteiger partial charge is 0.210 e. The van der Waals surface area contributed by atoms with Crippen LogP contribution >= 0.6 is 50.5 Å². The van der Waals surface area contributed by atoms with Gasteiger partial charge in [0, 0.05) is 5.02 Å². The Bertz CT molecular complexity index is 583. The van der Waals surface area contributed by atoms with Gasteiger partial charge in [-0.2, -0.15) is 0 Å². The topological polar surface area (TPSA) is 26.3 Å². The zero-order valence-corrected chi connectivity index (χ0v) is 12.9. The standard InChI is InChI=1S/C12H7BrCl2O2S/c13-12-4-3-11(18-12)9(16)6-17-10-2-1-7(14)5-8(10)15/h1-5H,6H2. The van der Waals surface area contributed by atoms with Crippen molar-refractivity contribution < 1.29 is 9.53 Å². The summed E-state index contributed by atoms with van der Waals surface area (Å²) in [5.41, 5.74) is 0. The first-order valence-electron chi connectivity index (χ1n) is 4.92. The largest absolute Gasteiger partial charge is 0.484 e. The third-order valence-corrected chi connectivity index (χ3v) is 4.30. The van der Waals surface area contributed by atoms with Crippen molar-refractivity contribution in [1.82, 2.24) is 0 Å². The Labute approximate surface area is 127 Å². The van der Waals surface area contributed by atoms with Gasteiger partial charge in [-0.15, -0.1) is 11.3 Å². The minimum atomic E-state index is -0.0864. The molecule has 2 rings (SSSR count). The highest BCUT2D eigenvalue weighted by Crippen LogP contribution is 2.28. The highest BCUT2D eigenvalue weighted by molar-refractivity contribution is 9.11. The monoisotopic (exact) mass is 364 g/mol. The van der Waals surface area contributed by atoms with E-state index in [1.165, 1.54) is 11.3 Å². The van der Waals surface area contributed by atoms with Crippen LogP contribution in [-0.2, 0) is 0 Å². The molecule has 2 nitrogen and oxygen atoms in total. The molecule has 0 bridgehead atoms. The van der Waals surface area contributed by atoms with Gasteiger partial charge in [0.2, 0.25) is 5.78 Å². The number of carbonyl (C=O) groups is 1. The summed E-state index contributed by atoms with van der Waals surface area (Å²) in [4.78, 5) is 12.5. The summed E-state index contributed by atoms with van der Waals surface area (Å²) in [5.74, 6) is 0.363. The van der Waals surface area contributed by atoms with Crippen molar-refractivity contribution in [3.8, 4) is 5.75 Å². The summed E-state index contributed by atoms with van der Waals surface area (Å²) in [5, 5.41) is 0.920. The van der Waals surface area contributed by atoms with Crippen molar-refractivity contribution in [2.45, 2.75) is 0 Å². The van der Waals surface area contributed by atoms with Crippen molar-refractivity contribution in [3.63, 3.8) is 0 Å². The van der Waals surface area contributed by atoms with Gasteiger partial charge in [-0.3, -0.25) is 4.79 Å². The SMILES string of the molecule is O=C(COc1ccc(Cl)cc1Cl)c1ccc(Br)s1. The second-order valence-electron chi connectivity index (χ2n) is 3.39. The Morgan fingerprint density at radius 1 is 1.28 bits per heavy atom. The molecule has 0 saturated heterocycles. The van der Waals surface area contributed by atoms with Gasteiger partial charge in [-0.05, 0) is 46.3 Å². The van der Waals surface area contributed by atoms with Gasteiger partial charge in [-0.25, -0.2) is 0 Å². The van der Waals surface area contributed by atoms with Crippen molar-refractivity contribution in [3.05, 3.63) is 49.0 Å². The lowest BCUT2D eigenvalue weighted by Crippen LogP contribution is -2.10. The Morgan fingerprint density at radius 2 is 2.06 bits per heavy atom. The third kappa shape index (κ3) is 3.48. The molecule has 0 aliphatic rings. The second-order valence-corrected chi connectivity index (χ2v) is 6.70. The molecule has 1 heterocycles. The van der Waals surface area contributed by atoms with Crippen LogP contribution in [0.5, 0.6) is 5.75 Å². The van der Waals surface area contributed by atoms with Crippen LogP contribution in [0.15, 0.2) is 34.1 Å².